The zero-order valence-electron chi connectivity index (χ0n) is 14.5. The highest BCUT2D eigenvalue weighted by atomic mass is 16.9. The molecule has 1 fully saturated rings. The smallest absolute Gasteiger partial charge is 0.410 e. The number of esters is 1. The molecule has 1 atom stereocenters. The minimum Gasteiger partial charge on any atom is -0.462 e. The molecule has 0 aromatic heterocycles. The monoisotopic (exact) mass is 362 g/mol. The molecule has 0 spiro atoms. The van der Waals surface area contributed by atoms with Crippen LogP contribution in [0.25, 0.3) is 0 Å². The van der Waals surface area contributed by atoms with Crippen LogP contribution in [0, 0.1) is 10.1 Å². The number of rotatable bonds is 12. The highest BCUT2D eigenvalue weighted by Crippen LogP contribution is 2.19. The quantitative estimate of drug-likeness (QED) is 0.222. The zero-order valence-corrected chi connectivity index (χ0v) is 14.5. The molecule has 0 aliphatic carbocycles. The predicted molar refractivity (Wildman–Crippen MR) is 85.3 cm³/mol. The van der Waals surface area contributed by atoms with Crippen LogP contribution in [0.15, 0.2) is 0 Å². The second kappa shape index (κ2) is 12.3. The molecule has 0 radical (unpaired) electrons. The summed E-state index contributed by atoms with van der Waals surface area (Å²) in [5.41, 5.74) is 0. The minimum atomic E-state index is -0.861. The van der Waals surface area contributed by atoms with Gasteiger partial charge in [-0.15, -0.1) is 10.1 Å². The Morgan fingerprint density at radius 1 is 1.12 bits per heavy atom. The van der Waals surface area contributed by atoms with Crippen LogP contribution in [0.1, 0.15) is 39.0 Å². The third-order valence-corrected chi connectivity index (χ3v) is 3.54. The van der Waals surface area contributed by atoms with Gasteiger partial charge in [0.25, 0.3) is 5.09 Å². The Balaban J connectivity index is 2.22. The number of carbonyl (C=O) groups is 2. The number of nitrogens with zero attached hydrogens (tertiary/aromatic N) is 2. The molecule has 0 N–H and O–H groups in total. The first-order valence-corrected chi connectivity index (χ1v) is 8.51. The molecule has 10 heteroatoms. The van der Waals surface area contributed by atoms with Gasteiger partial charge in [-0.3, -0.25) is 4.90 Å². The summed E-state index contributed by atoms with van der Waals surface area (Å²) >= 11 is 0. The summed E-state index contributed by atoms with van der Waals surface area (Å²) in [6.45, 7) is 3.62. The van der Waals surface area contributed by atoms with E-state index in [4.69, 9.17) is 14.2 Å². The van der Waals surface area contributed by atoms with Crippen molar-refractivity contribution in [1.82, 2.24) is 4.90 Å². The van der Waals surface area contributed by atoms with Gasteiger partial charge in [0.1, 0.15) is 12.6 Å². The van der Waals surface area contributed by atoms with Crippen LogP contribution in [0.3, 0.4) is 0 Å². The van der Waals surface area contributed by atoms with Gasteiger partial charge in [-0.25, -0.2) is 9.59 Å². The van der Waals surface area contributed by atoms with E-state index >= 15 is 0 Å². The fraction of sp³-hybridized carbons (Fsp3) is 0.867. The summed E-state index contributed by atoms with van der Waals surface area (Å²) in [5, 5.41) is 9.12. The molecule has 1 heterocycles. The highest BCUT2D eigenvalue weighted by molar-refractivity contribution is 5.82. The number of unbranched alkanes of at least 4 members (excludes halogenated alkanes) is 1. The lowest BCUT2D eigenvalue weighted by Gasteiger charge is -2.22. The third kappa shape index (κ3) is 8.52. The van der Waals surface area contributed by atoms with Gasteiger partial charge in [-0.2, -0.15) is 0 Å². The van der Waals surface area contributed by atoms with Crippen molar-refractivity contribution < 1.29 is 33.7 Å². The fourth-order valence-electron chi connectivity index (χ4n) is 2.36. The summed E-state index contributed by atoms with van der Waals surface area (Å²) in [5.74, 6) is -0.450. The second-order valence-corrected chi connectivity index (χ2v) is 5.51. The van der Waals surface area contributed by atoms with E-state index in [1.807, 2.05) is 6.92 Å². The van der Waals surface area contributed by atoms with E-state index in [0.29, 0.717) is 45.4 Å². The number of amides is 1. The molecule has 25 heavy (non-hydrogen) atoms. The SMILES string of the molecule is CCCOCCOC(=O)C1CCCN1C(=O)OCCCCO[N+](=O)[O-]. The molecule has 1 aliphatic rings. The maximum absolute atomic E-state index is 12.1. The summed E-state index contributed by atoms with van der Waals surface area (Å²) in [6.07, 6.45) is 2.42. The number of hydrogen-bond donors (Lipinski definition) is 0. The largest absolute Gasteiger partial charge is 0.462 e. The van der Waals surface area contributed by atoms with E-state index in [0.717, 1.165) is 6.42 Å². The molecule has 10 nitrogen and oxygen atoms in total. The molecule has 0 aromatic carbocycles. The van der Waals surface area contributed by atoms with Crippen LogP contribution in [0.5, 0.6) is 0 Å². The van der Waals surface area contributed by atoms with Crippen molar-refractivity contribution in [3.63, 3.8) is 0 Å². The molecule has 1 saturated heterocycles. The Hall–Kier alpha value is -2.10. The van der Waals surface area contributed by atoms with E-state index < -0.39 is 23.2 Å². The lowest BCUT2D eigenvalue weighted by atomic mass is 10.2. The lowest BCUT2D eigenvalue weighted by molar-refractivity contribution is -0.757. The Morgan fingerprint density at radius 2 is 1.88 bits per heavy atom. The maximum atomic E-state index is 12.1. The maximum Gasteiger partial charge on any atom is 0.410 e. The Kier molecular flexibility index (Phi) is 10.3. The molecule has 0 bridgehead atoms. The first kappa shape index (κ1) is 20.9. The van der Waals surface area contributed by atoms with Crippen LogP contribution in [-0.4, -0.2) is 67.7 Å². The van der Waals surface area contributed by atoms with Crippen LogP contribution >= 0.6 is 0 Å². The van der Waals surface area contributed by atoms with Crippen LogP contribution in [0.4, 0.5) is 4.79 Å². The molecule has 0 aromatic rings. The van der Waals surface area contributed by atoms with Crippen molar-refractivity contribution in [3.8, 4) is 0 Å². The van der Waals surface area contributed by atoms with Gasteiger partial charge >= 0.3 is 12.1 Å². The molecular formula is C15H26N2O8. The molecular weight excluding hydrogens is 336 g/mol. The van der Waals surface area contributed by atoms with E-state index in [9.17, 15) is 19.7 Å². The first-order chi connectivity index (χ1) is 12.1. The standard InChI is InChI=1S/C15H26N2O8/c1-2-8-22-11-12-23-14(18)13-6-5-7-16(13)15(19)24-9-3-4-10-25-17(20)21/h13H,2-12H2,1H3. The van der Waals surface area contributed by atoms with Crippen molar-refractivity contribution in [3.05, 3.63) is 10.1 Å². The molecule has 1 amide bonds. The van der Waals surface area contributed by atoms with Gasteiger partial charge in [0.15, 0.2) is 0 Å². The normalized spacial score (nSPS) is 16.5. The van der Waals surface area contributed by atoms with Crippen molar-refractivity contribution in [2.24, 2.45) is 0 Å². The summed E-state index contributed by atoms with van der Waals surface area (Å²) in [6, 6.07) is -0.628. The Labute approximate surface area is 146 Å². The van der Waals surface area contributed by atoms with Crippen molar-refractivity contribution in [2.75, 3.05) is 39.6 Å². The van der Waals surface area contributed by atoms with Gasteiger partial charge in [0.2, 0.25) is 0 Å². The van der Waals surface area contributed by atoms with Gasteiger partial charge in [0.05, 0.1) is 19.8 Å². The van der Waals surface area contributed by atoms with Crippen LogP contribution in [-0.2, 0) is 23.8 Å². The van der Waals surface area contributed by atoms with Gasteiger partial charge in [-0.05, 0) is 32.1 Å². The Bertz CT molecular complexity index is 432. The topological polar surface area (TPSA) is 117 Å². The Morgan fingerprint density at radius 3 is 2.60 bits per heavy atom. The molecule has 0 saturated carbocycles. The van der Waals surface area contributed by atoms with E-state index in [-0.39, 0.29) is 19.8 Å². The predicted octanol–water partition coefficient (Wildman–Crippen LogP) is 1.55. The zero-order chi connectivity index (χ0) is 18.5. The summed E-state index contributed by atoms with van der Waals surface area (Å²) in [4.78, 5) is 39.6. The van der Waals surface area contributed by atoms with Crippen LogP contribution in [0.2, 0.25) is 0 Å². The van der Waals surface area contributed by atoms with E-state index in [2.05, 4.69) is 4.84 Å². The average molecular weight is 362 g/mol. The van der Waals surface area contributed by atoms with Crippen LogP contribution < -0.4 is 0 Å². The lowest BCUT2D eigenvalue weighted by Crippen LogP contribution is -2.42. The first-order valence-electron chi connectivity index (χ1n) is 8.51. The van der Waals surface area contributed by atoms with E-state index in [1.54, 1.807) is 0 Å². The molecule has 1 unspecified atom stereocenters. The third-order valence-electron chi connectivity index (χ3n) is 3.54. The highest BCUT2D eigenvalue weighted by Gasteiger charge is 2.36. The summed E-state index contributed by atoms with van der Waals surface area (Å²) in [7, 11) is 0. The second-order valence-electron chi connectivity index (χ2n) is 5.51. The van der Waals surface area contributed by atoms with Gasteiger partial charge < -0.3 is 19.0 Å². The molecule has 1 rings (SSSR count). The number of ether oxygens (including phenoxy) is 3. The van der Waals surface area contributed by atoms with E-state index in [1.165, 1.54) is 4.90 Å². The van der Waals surface area contributed by atoms with Crippen molar-refractivity contribution in [1.29, 1.82) is 0 Å². The van der Waals surface area contributed by atoms with Gasteiger partial charge in [-0.1, -0.05) is 6.92 Å². The van der Waals surface area contributed by atoms with Gasteiger partial charge in [0, 0.05) is 13.2 Å². The minimum absolute atomic E-state index is 0.0384. The molecule has 1 aliphatic heterocycles. The number of likely N-dealkylation sites (tertiary alicyclic amines) is 1. The van der Waals surface area contributed by atoms with Crippen molar-refractivity contribution >= 4 is 12.1 Å². The number of hydrogen-bond acceptors (Lipinski definition) is 8. The summed E-state index contributed by atoms with van der Waals surface area (Å²) < 4.78 is 15.5. The average Bonchev–Trinajstić information content (AvgIpc) is 3.07. The molecule has 144 valence electrons. The van der Waals surface area contributed by atoms with Crippen molar-refractivity contribution in [2.45, 2.75) is 45.1 Å². The fourth-order valence-corrected chi connectivity index (χ4v) is 2.36. The number of carbonyl (C=O) groups excluding carboxylic acids is 2.